The summed E-state index contributed by atoms with van der Waals surface area (Å²) in [6.07, 6.45) is 2.03. The molecular weight excluding hydrogens is 376 g/mol. The highest BCUT2D eigenvalue weighted by Crippen LogP contribution is 2.45. The molecule has 7 rings (SSSR count). The number of carbonyl (C=O) groups excluding carboxylic acids is 2. The van der Waals surface area contributed by atoms with Gasteiger partial charge in [0.05, 0.1) is 39.3 Å². The van der Waals surface area contributed by atoms with E-state index in [1.54, 1.807) is 12.1 Å². The minimum atomic E-state index is -0.362. The van der Waals surface area contributed by atoms with Crippen LogP contribution in [0.25, 0.3) is 43.6 Å². The number of fused-ring (bicyclic) bond motifs is 10. The number of nitrogens with one attached hydrogen (secondary N) is 2. The summed E-state index contributed by atoms with van der Waals surface area (Å²) in [6.45, 7) is 0.860. The van der Waals surface area contributed by atoms with Crippen LogP contribution in [0.2, 0.25) is 0 Å². The van der Waals surface area contributed by atoms with Crippen molar-refractivity contribution in [2.24, 2.45) is 0 Å². The number of nitrogens with zero attached hydrogens (tertiary/aromatic N) is 2. The van der Waals surface area contributed by atoms with Crippen molar-refractivity contribution in [2.75, 3.05) is 0 Å². The van der Waals surface area contributed by atoms with Crippen molar-refractivity contribution in [1.29, 1.82) is 5.26 Å². The van der Waals surface area contributed by atoms with Crippen LogP contribution in [0.1, 0.15) is 38.3 Å². The molecule has 0 saturated heterocycles. The number of amides is 2. The third-order valence-electron chi connectivity index (χ3n) is 6.59. The van der Waals surface area contributed by atoms with Gasteiger partial charge in [-0.3, -0.25) is 14.9 Å². The molecule has 6 heteroatoms. The molecule has 0 radical (unpaired) electrons. The van der Waals surface area contributed by atoms with E-state index in [0.717, 1.165) is 63.0 Å². The van der Waals surface area contributed by atoms with Gasteiger partial charge in [0, 0.05) is 33.6 Å². The first-order valence-electron chi connectivity index (χ1n) is 9.98. The second kappa shape index (κ2) is 5.08. The molecule has 4 heterocycles. The zero-order chi connectivity index (χ0) is 20.1. The predicted octanol–water partition coefficient (Wildman–Crippen LogP) is 4.13. The topological polar surface area (TPSA) is 90.7 Å². The maximum absolute atomic E-state index is 12.9. The lowest BCUT2D eigenvalue weighted by atomic mass is 9.96. The molecule has 0 bridgehead atoms. The molecule has 0 aliphatic carbocycles. The average Bonchev–Trinajstić information content (AvgIpc) is 3.39. The first-order valence-corrected chi connectivity index (χ1v) is 9.98. The number of carbonyl (C=O) groups is 2. The van der Waals surface area contributed by atoms with Crippen molar-refractivity contribution in [3.63, 3.8) is 0 Å². The van der Waals surface area contributed by atoms with Crippen molar-refractivity contribution in [3.8, 4) is 6.07 Å². The molecule has 2 amide bonds. The second-order valence-corrected chi connectivity index (χ2v) is 8.07. The Balaban J connectivity index is 1.85. The highest BCUT2D eigenvalue weighted by atomic mass is 16.2. The van der Waals surface area contributed by atoms with E-state index in [1.807, 2.05) is 18.2 Å². The monoisotopic (exact) mass is 390 g/mol. The standard InChI is InChI=1S/C24H14N4O2/c25-10-11-6-7-13-15(9-11)26-20-16(13)18-19(24(30)27-23(18)29)17-14-5-1-3-12-4-2-8-28(21(12)14)22(17)20/h1,3,5-7,9,26H,2,4,8H2,(H,27,29,30). The van der Waals surface area contributed by atoms with Crippen molar-refractivity contribution in [3.05, 3.63) is 58.7 Å². The van der Waals surface area contributed by atoms with Crippen molar-refractivity contribution >= 4 is 55.4 Å². The van der Waals surface area contributed by atoms with Gasteiger partial charge in [0.15, 0.2) is 0 Å². The minimum Gasteiger partial charge on any atom is -0.353 e. The van der Waals surface area contributed by atoms with E-state index in [1.165, 1.54) is 5.56 Å². The zero-order valence-electron chi connectivity index (χ0n) is 15.8. The molecule has 0 spiro atoms. The summed E-state index contributed by atoms with van der Waals surface area (Å²) in [7, 11) is 0. The SMILES string of the molecule is N#Cc1ccc2c(c1)[nH]c1c2c2c(c3c4cccc5c4n(c13)CCC5)C(=O)NC2=O. The van der Waals surface area contributed by atoms with Crippen LogP contribution in [0, 0.1) is 11.3 Å². The van der Waals surface area contributed by atoms with Gasteiger partial charge in [0.25, 0.3) is 11.8 Å². The van der Waals surface area contributed by atoms with E-state index in [2.05, 4.69) is 27.0 Å². The van der Waals surface area contributed by atoms with Gasteiger partial charge in [-0.05, 0) is 30.5 Å². The smallest absolute Gasteiger partial charge is 0.259 e. The minimum absolute atomic E-state index is 0.339. The van der Waals surface area contributed by atoms with Gasteiger partial charge >= 0.3 is 0 Å². The molecule has 142 valence electrons. The second-order valence-electron chi connectivity index (χ2n) is 8.07. The molecule has 5 aromatic rings. The summed E-state index contributed by atoms with van der Waals surface area (Å²) in [5.74, 6) is -0.701. The van der Waals surface area contributed by atoms with Gasteiger partial charge < -0.3 is 9.55 Å². The molecule has 3 aromatic carbocycles. The highest BCUT2D eigenvalue weighted by Gasteiger charge is 2.36. The van der Waals surface area contributed by atoms with Crippen LogP contribution < -0.4 is 5.32 Å². The van der Waals surface area contributed by atoms with E-state index in [9.17, 15) is 14.9 Å². The third-order valence-corrected chi connectivity index (χ3v) is 6.59. The lowest BCUT2D eigenvalue weighted by Crippen LogP contribution is -2.20. The number of para-hydroxylation sites is 1. The Labute approximate surface area is 169 Å². The fourth-order valence-corrected chi connectivity index (χ4v) is 5.49. The summed E-state index contributed by atoms with van der Waals surface area (Å²) in [5, 5.41) is 15.3. The normalized spacial score (nSPS) is 15.3. The number of aromatic nitrogens is 2. The van der Waals surface area contributed by atoms with Gasteiger partial charge in [-0.15, -0.1) is 0 Å². The number of aryl methyl sites for hydroxylation is 2. The van der Waals surface area contributed by atoms with Crippen LogP contribution >= 0.6 is 0 Å². The summed E-state index contributed by atoms with van der Waals surface area (Å²) < 4.78 is 2.29. The Morgan fingerprint density at radius 1 is 0.967 bits per heavy atom. The maximum Gasteiger partial charge on any atom is 0.259 e. The van der Waals surface area contributed by atoms with Gasteiger partial charge in [0.2, 0.25) is 0 Å². The average molecular weight is 390 g/mol. The summed E-state index contributed by atoms with van der Waals surface area (Å²) in [4.78, 5) is 29.3. The van der Waals surface area contributed by atoms with Gasteiger partial charge in [0.1, 0.15) is 0 Å². The van der Waals surface area contributed by atoms with Crippen molar-refractivity contribution < 1.29 is 9.59 Å². The molecule has 2 N–H and O–H groups in total. The number of imide groups is 1. The van der Waals surface area contributed by atoms with Crippen LogP contribution in [-0.4, -0.2) is 21.4 Å². The first-order chi connectivity index (χ1) is 14.7. The van der Waals surface area contributed by atoms with Crippen LogP contribution in [-0.2, 0) is 13.0 Å². The molecule has 0 fully saturated rings. The molecular formula is C24H14N4O2. The summed E-state index contributed by atoms with van der Waals surface area (Å²) in [6, 6.07) is 13.8. The molecule has 2 aliphatic rings. The Bertz CT molecular complexity index is 1690. The summed E-state index contributed by atoms with van der Waals surface area (Å²) in [5.41, 5.74) is 6.47. The molecule has 2 aliphatic heterocycles. The van der Waals surface area contributed by atoms with Crippen LogP contribution in [0.5, 0.6) is 0 Å². The van der Waals surface area contributed by atoms with Gasteiger partial charge in [-0.1, -0.05) is 24.3 Å². The Hall–Kier alpha value is -4.11. The molecule has 6 nitrogen and oxygen atoms in total. The van der Waals surface area contributed by atoms with Gasteiger partial charge in [-0.25, -0.2) is 0 Å². The largest absolute Gasteiger partial charge is 0.353 e. The molecule has 0 unspecified atom stereocenters. The number of nitriles is 1. The Morgan fingerprint density at radius 3 is 2.63 bits per heavy atom. The predicted molar refractivity (Wildman–Crippen MR) is 114 cm³/mol. The molecule has 30 heavy (non-hydrogen) atoms. The fourth-order valence-electron chi connectivity index (χ4n) is 5.49. The highest BCUT2D eigenvalue weighted by molar-refractivity contribution is 6.39. The van der Waals surface area contributed by atoms with Crippen molar-refractivity contribution in [1.82, 2.24) is 14.9 Å². The number of rotatable bonds is 0. The number of hydrogen-bond acceptors (Lipinski definition) is 3. The number of hydrogen-bond donors (Lipinski definition) is 2. The lowest BCUT2D eigenvalue weighted by Gasteiger charge is -2.16. The number of benzene rings is 3. The van der Waals surface area contributed by atoms with E-state index >= 15 is 0 Å². The van der Waals surface area contributed by atoms with E-state index in [4.69, 9.17) is 0 Å². The quantitative estimate of drug-likeness (QED) is 0.390. The number of aromatic amines is 1. The maximum atomic E-state index is 12.9. The molecule has 0 saturated carbocycles. The Morgan fingerprint density at radius 2 is 1.80 bits per heavy atom. The Kier molecular flexibility index (Phi) is 2.67. The number of H-pyrrole nitrogens is 1. The molecule has 0 atom stereocenters. The zero-order valence-corrected chi connectivity index (χ0v) is 15.8. The lowest BCUT2D eigenvalue weighted by molar-refractivity contribution is 0.0880. The first kappa shape index (κ1) is 15.8. The summed E-state index contributed by atoms with van der Waals surface area (Å²) >= 11 is 0. The van der Waals surface area contributed by atoms with Crippen LogP contribution in [0.3, 0.4) is 0 Å². The van der Waals surface area contributed by atoms with E-state index < -0.39 is 0 Å². The molecule has 2 aromatic heterocycles. The van der Waals surface area contributed by atoms with Crippen molar-refractivity contribution in [2.45, 2.75) is 19.4 Å². The fraction of sp³-hybridized carbons (Fsp3) is 0.125. The van der Waals surface area contributed by atoms with E-state index in [-0.39, 0.29) is 11.8 Å². The van der Waals surface area contributed by atoms with E-state index in [0.29, 0.717) is 16.7 Å². The van der Waals surface area contributed by atoms with Crippen LogP contribution in [0.15, 0.2) is 36.4 Å². The van der Waals surface area contributed by atoms with Gasteiger partial charge in [-0.2, -0.15) is 5.26 Å². The third kappa shape index (κ3) is 1.66. The van der Waals surface area contributed by atoms with Crippen LogP contribution in [0.4, 0.5) is 0 Å².